The van der Waals surface area contributed by atoms with Crippen LogP contribution in [0, 0.1) is 0 Å². The van der Waals surface area contributed by atoms with E-state index in [2.05, 4.69) is 52.5 Å². The van der Waals surface area contributed by atoms with E-state index in [-0.39, 0.29) is 22.2 Å². The topological polar surface area (TPSA) is 35.5 Å². The van der Waals surface area contributed by atoms with E-state index in [9.17, 15) is 4.79 Å². The molecule has 0 N–H and O–H groups in total. The summed E-state index contributed by atoms with van der Waals surface area (Å²) in [4.78, 5) is 12.0. The van der Waals surface area contributed by atoms with Crippen molar-refractivity contribution in [3.63, 3.8) is 0 Å². The Bertz CT molecular complexity index is 1010. The van der Waals surface area contributed by atoms with Gasteiger partial charge in [-0.25, -0.2) is 4.79 Å². The first-order valence-electron chi connectivity index (χ1n) is 10.8. The van der Waals surface area contributed by atoms with Crippen molar-refractivity contribution in [1.82, 2.24) is 0 Å². The molecule has 1 atom stereocenters. The van der Waals surface area contributed by atoms with Gasteiger partial charge in [0.25, 0.3) is 0 Å². The van der Waals surface area contributed by atoms with Gasteiger partial charge in [-0.05, 0) is 58.9 Å². The van der Waals surface area contributed by atoms with Crippen LogP contribution >= 0.6 is 0 Å². The second kappa shape index (κ2) is 7.01. The third-order valence-electron chi connectivity index (χ3n) is 7.29. The van der Waals surface area contributed by atoms with Crippen LogP contribution in [0.4, 0.5) is 0 Å². The lowest BCUT2D eigenvalue weighted by atomic mass is 9.61. The molecule has 0 aromatic heterocycles. The largest absolute Gasteiger partial charge is 0.492 e. The molecule has 0 spiro atoms. The molecular formula is C27H32O3. The lowest BCUT2D eigenvalue weighted by Crippen LogP contribution is -2.35. The van der Waals surface area contributed by atoms with E-state index in [1.165, 1.54) is 36.6 Å². The van der Waals surface area contributed by atoms with Crippen molar-refractivity contribution in [3.05, 3.63) is 76.9 Å². The summed E-state index contributed by atoms with van der Waals surface area (Å²) in [5.74, 6) is 0.414. The highest BCUT2D eigenvalue weighted by Gasteiger charge is 2.44. The average molecular weight is 405 g/mol. The highest BCUT2D eigenvalue weighted by molar-refractivity contribution is 5.90. The monoisotopic (exact) mass is 404 g/mol. The zero-order chi connectivity index (χ0) is 21.7. The molecule has 3 heteroatoms. The molecular weight excluding hydrogens is 372 g/mol. The summed E-state index contributed by atoms with van der Waals surface area (Å²) in [6.07, 6.45) is 5.13. The smallest absolute Gasteiger partial charge is 0.337 e. The molecule has 0 fully saturated rings. The van der Waals surface area contributed by atoms with Crippen molar-refractivity contribution in [2.45, 2.75) is 63.2 Å². The number of allylic oxidation sites excluding steroid dienone is 1. The molecule has 1 unspecified atom stereocenters. The van der Waals surface area contributed by atoms with Gasteiger partial charge >= 0.3 is 5.97 Å². The maximum Gasteiger partial charge on any atom is 0.337 e. The Balaban J connectivity index is 1.87. The van der Waals surface area contributed by atoms with Gasteiger partial charge in [-0.15, -0.1) is 6.58 Å². The van der Waals surface area contributed by atoms with Crippen LogP contribution in [0.25, 0.3) is 0 Å². The fourth-order valence-electron chi connectivity index (χ4n) is 5.22. The molecule has 2 aromatic rings. The quantitative estimate of drug-likeness (QED) is 0.458. The van der Waals surface area contributed by atoms with Gasteiger partial charge < -0.3 is 9.47 Å². The van der Waals surface area contributed by atoms with Crippen molar-refractivity contribution in [2.75, 3.05) is 13.7 Å². The number of rotatable bonds is 4. The molecule has 0 radical (unpaired) electrons. The Kier molecular flexibility index (Phi) is 4.84. The van der Waals surface area contributed by atoms with Crippen LogP contribution in [0.15, 0.2) is 49.1 Å². The van der Waals surface area contributed by atoms with Crippen molar-refractivity contribution in [3.8, 4) is 5.75 Å². The van der Waals surface area contributed by atoms with Crippen molar-refractivity contribution in [2.24, 2.45) is 0 Å². The van der Waals surface area contributed by atoms with Crippen molar-refractivity contribution in [1.29, 1.82) is 0 Å². The Hall–Kier alpha value is -2.55. The summed E-state index contributed by atoms with van der Waals surface area (Å²) in [6, 6.07) is 12.7. The molecule has 0 bridgehead atoms. The summed E-state index contributed by atoms with van der Waals surface area (Å²) >= 11 is 0. The molecule has 3 nitrogen and oxygen atoms in total. The van der Waals surface area contributed by atoms with Crippen molar-refractivity contribution < 1.29 is 14.3 Å². The summed E-state index contributed by atoms with van der Waals surface area (Å²) in [6.45, 7) is 14.0. The summed E-state index contributed by atoms with van der Waals surface area (Å²) < 4.78 is 11.0. The number of carbonyl (C=O) groups is 1. The molecule has 1 aliphatic carbocycles. The molecule has 30 heavy (non-hydrogen) atoms. The maximum absolute atomic E-state index is 12.0. The molecule has 1 heterocycles. The fraction of sp³-hybridized carbons (Fsp3) is 0.444. The van der Waals surface area contributed by atoms with Crippen LogP contribution in [-0.4, -0.2) is 19.7 Å². The maximum atomic E-state index is 12.0. The van der Waals surface area contributed by atoms with E-state index in [1.807, 2.05) is 18.2 Å². The molecule has 2 aromatic carbocycles. The van der Waals surface area contributed by atoms with Gasteiger partial charge in [0, 0.05) is 5.56 Å². The lowest BCUT2D eigenvalue weighted by Gasteiger charge is -2.43. The van der Waals surface area contributed by atoms with Crippen LogP contribution in [0.5, 0.6) is 5.75 Å². The highest BCUT2D eigenvalue weighted by Crippen LogP contribution is 2.50. The number of hydrogen-bond donors (Lipinski definition) is 0. The predicted octanol–water partition coefficient (Wildman–Crippen LogP) is 6.08. The normalized spacial score (nSPS) is 23.1. The zero-order valence-electron chi connectivity index (χ0n) is 18.8. The standard InChI is InChI=1S/C27H32O3/c1-7-12-27(17-30-23-15-18(24(28)29-6)8-10-21(23)27)19-9-11-20-22(16-19)26(4,5)14-13-25(20,2)3/h7-11,15-16H,1,12-14,17H2,2-6H3. The SMILES string of the molecule is C=CCC1(c2ccc3c(c2)C(C)(C)CCC3(C)C)COc2cc(C(=O)OC)ccc21. The van der Waals surface area contributed by atoms with Crippen molar-refractivity contribution >= 4 is 5.97 Å². The second-order valence-corrected chi connectivity index (χ2v) is 10.1. The zero-order valence-corrected chi connectivity index (χ0v) is 18.8. The molecule has 1 aliphatic heterocycles. The molecule has 0 saturated heterocycles. The van der Waals surface area contributed by atoms with E-state index in [4.69, 9.17) is 9.47 Å². The molecule has 158 valence electrons. The third-order valence-corrected chi connectivity index (χ3v) is 7.29. The minimum absolute atomic E-state index is 0.146. The van der Waals surface area contributed by atoms with Crippen LogP contribution < -0.4 is 4.74 Å². The number of fused-ring (bicyclic) bond motifs is 2. The fourth-order valence-corrected chi connectivity index (χ4v) is 5.22. The number of benzene rings is 2. The van der Waals surface area contributed by atoms with E-state index in [0.29, 0.717) is 12.2 Å². The van der Waals surface area contributed by atoms with Crippen LogP contribution in [0.3, 0.4) is 0 Å². The number of hydrogen-bond acceptors (Lipinski definition) is 3. The van der Waals surface area contributed by atoms with Gasteiger partial charge in [0.15, 0.2) is 0 Å². The Morgan fingerprint density at radius 3 is 2.37 bits per heavy atom. The second-order valence-electron chi connectivity index (χ2n) is 10.1. The number of ether oxygens (including phenoxy) is 2. The Morgan fingerprint density at radius 1 is 1.03 bits per heavy atom. The lowest BCUT2D eigenvalue weighted by molar-refractivity contribution is 0.0600. The highest BCUT2D eigenvalue weighted by atomic mass is 16.5. The minimum Gasteiger partial charge on any atom is -0.492 e. The van der Waals surface area contributed by atoms with E-state index >= 15 is 0 Å². The van der Waals surface area contributed by atoms with E-state index < -0.39 is 0 Å². The van der Waals surface area contributed by atoms with E-state index in [0.717, 1.165) is 17.7 Å². The summed E-state index contributed by atoms with van der Waals surface area (Å²) in [5.41, 5.74) is 5.83. The molecule has 4 rings (SSSR count). The molecule has 0 saturated carbocycles. The van der Waals surface area contributed by atoms with Gasteiger partial charge in [0.1, 0.15) is 12.4 Å². The predicted molar refractivity (Wildman–Crippen MR) is 121 cm³/mol. The van der Waals surface area contributed by atoms with Gasteiger partial charge in [-0.3, -0.25) is 0 Å². The first-order valence-corrected chi connectivity index (χ1v) is 10.8. The van der Waals surface area contributed by atoms with Gasteiger partial charge in [-0.1, -0.05) is 58.0 Å². The number of carbonyl (C=O) groups excluding carboxylic acids is 1. The first kappa shape index (κ1) is 20.7. The van der Waals surface area contributed by atoms with E-state index in [1.54, 1.807) is 6.07 Å². The Labute approximate surface area is 180 Å². The number of esters is 1. The Morgan fingerprint density at radius 2 is 1.70 bits per heavy atom. The van der Waals surface area contributed by atoms with Crippen LogP contribution in [-0.2, 0) is 21.0 Å². The average Bonchev–Trinajstić information content (AvgIpc) is 3.10. The first-order chi connectivity index (χ1) is 14.1. The summed E-state index contributed by atoms with van der Waals surface area (Å²) in [7, 11) is 1.40. The van der Waals surface area contributed by atoms with Crippen LogP contribution in [0.2, 0.25) is 0 Å². The van der Waals surface area contributed by atoms with Crippen LogP contribution in [0.1, 0.15) is 79.6 Å². The van der Waals surface area contributed by atoms with Gasteiger partial charge in [0.2, 0.25) is 0 Å². The van der Waals surface area contributed by atoms with Gasteiger partial charge in [-0.2, -0.15) is 0 Å². The van der Waals surface area contributed by atoms with Gasteiger partial charge in [0.05, 0.1) is 18.1 Å². The third kappa shape index (κ3) is 3.07. The molecule has 2 aliphatic rings. The summed E-state index contributed by atoms with van der Waals surface area (Å²) in [5, 5.41) is 0. The number of methoxy groups -OCH3 is 1. The minimum atomic E-state index is -0.347. The molecule has 0 amide bonds.